The van der Waals surface area contributed by atoms with Gasteiger partial charge in [0.2, 0.25) is 5.91 Å². The van der Waals surface area contributed by atoms with Crippen molar-refractivity contribution in [3.8, 4) is 0 Å². The Kier molecular flexibility index (Phi) is 1.93. The Morgan fingerprint density at radius 2 is 2.13 bits per heavy atom. The van der Waals surface area contributed by atoms with Gasteiger partial charge in [-0.2, -0.15) is 0 Å². The van der Waals surface area contributed by atoms with E-state index in [-0.39, 0.29) is 5.91 Å². The summed E-state index contributed by atoms with van der Waals surface area (Å²) in [5, 5.41) is 2.99. The van der Waals surface area contributed by atoms with Crippen molar-refractivity contribution in [1.82, 2.24) is 5.32 Å². The summed E-state index contributed by atoms with van der Waals surface area (Å²) in [4.78, 5) is 11.3. The predicted octanol–water partition coefficient (Wildman–Crippen LogP) is 2.19. The number of carbonyl (C=O) groups excluding carboxylic acids is 1. The number of carbonyl (C=O) groups is 1. The molecule has 4 aliphatic rings. The maximum atomic E-state index is 11.3. The lowest BCUT2D eigenvalue weighted by Crippen LogP contribution is -2.54. The molecule has 1 saturated heterocycles. The van der Waals surface area contributed by atoms with Crippen LogP contribution in [0.5, 0.6) is 0 Å². The number of hydrogen-bond acceptors (Lipinski definition) is 1. The van der Waals surface area contributed by atoms with Gasteiger partial charge in [0.15, 0.2) is 0 Å². The van der Waals surface area contributed by atoms with E-state index in [0.29, 0.717) is 11.3 Å². The van der Waals surface area contributed by atoms with Gasteiger partial charge in [0.1, 0.15) is 0 Å². The molecule has 15 heavy (non-hydrogen) atoms. The van der Waals surface area contributed by atoms with Crippen molar-refractivity contribution in [3.63, 3.8) is 0 Å². The standard InChI is InChI=1S/C13H21NO/c1-13(2)9-3-4-10(11(13)6-9)8-5-12(15)14-7-8/h8-11H,3-7H2,1-2H3,(H,14,15). The van der Waals surface area contributed by atoms with E-state index in [1.54, 1.807) is 0 Å². The van der Waals surface area contributed by atoms with Crippen LogP contribution in [-0.2, 0) is 4.79 Å². The molecule has 4 unspecified atom stereocenters. The summed E-state index contributed by atoms with van der Waals surface area (Å²) in [5.74, 6) is 3.61. The van der Waals surface area contributed by atoms with E-state index in [4.69, 9.17) is 0 Å². The van der Waals surface area contributed by atoms with Gasteiger partial charge in [-0.3, -0.25) is 4.79 Å². The predicted molar refractivity (Wildman–Crippen MR) is 59.2 cm³/mol. The van der Waals surface area contributed by atoms with Crippen LogP contribution >= 0.6 is 0 Å². The van der Waals surface area contributed by atoms with Gasteiger partial charge in [0.05, 0.1) is 0 Å². The molecule has 2 heteroatoms. The Balaban J connectivity index is 1.74. The summed E-state index contributed by atoms with van der Waals surface area (Å²) in [5.41, 5.74) is 0.564. The Morgan fingerprint density at radius 3 is 2.67 bits per heavy atom. The lowest BCUT2D eigenvalue weighted by Gasteiger charge is -2.61. The highest BCUT2D eigenvalue weighted by Crippen LogP contribution is 2.63. The first-order chi connectivity index (χ1) is 7.09. The van der Waals surface area contributed by atoms with Crippen molar-refractivity contribution in [2.45, 2.75) is 39.5 Å². The zero-order valence-corrected chi connectivity index (χ0v) is 9.75. The molecule has 0 radical (unpaired) electrons. The van der Waals surface area contributed by atoms with Crippen molar-refractivity contribution in [3.05, 3.63) is 0 Å². The molecule has 1 amide bonds. The fourth-order valence-corrected chi connectivity index (χ4v) is 4.36. The minimum Gasteiger partial charge on any atom is -0.356 e. The molecular weight excluding hydrogens is 186 g/mol. The normalized spacial score (nSPS) is 47.2. The first-order valence-corrected chi connectivity index (χ1v) is 6.35. The van der Waals surface area contributed by atoms with Gasteiger partial charge in [-0.15, -0.1) is 0 Å². The van der Waals surface area contributed by atoms with E-state index in [2.05, 4.69) is 19.2 Å². The van der Waals surface area contributed by atoms with Gasteiger partial charge in [-0.05, 0) is 48.3 Å². The highest BCUT2D eigenvalue weighted by Gasteiger charge is 2.56. The third kappa shape index (κ3) is 1.26. The average molecular weight is 207 g/mol. The third-order valence-electron chi connectivity index (χ3n) is 5.53. The molecular formula is C13H21NO. The summed E-state index contributed by atoms with van der Waals surface area (Å²) in [6, 6.07) is 0. The van der Waals surface area contributed by atoms with Crippen molar-refractivity contribution in [2.24, 2.45) is 29.1 Å². The van der Waals surface area contributed by atoms with E-state index >= 15 is 0 Å². The van der Waals surface area contributed by atoms with Gasteiger partial charge in [-0.1, -0.05) is 13.8 Å². The van der Waals surface area contributed by atoms with Crippen LogP contribution in [0.2, 0.25) is 0 Å². The van der Waals surface area contributed by atoms with E-state index in [9.17, 15) is 4.79 Å². The Morgan fingerprint density at radius 1 is 1.33 bits per heavy atom. The molecule has 4 rings (SSSR count). The summed E-state index contributed by atoms with van der Waals surface area (Å²) >= 11 is 0. The number of amides is 1. The van der Waals surface area contributed by atoms with Crippen LogP contribution in [0.25, 0.3) is 0 Å². The SMILES string of the molecule is CC1(C)C2CCC(C3CNC(=O)C3)C1C2. The molecule has 1 aliphatic heterocycles. The molecule has 1 N–H and O–H groups in total. The van der Waals surface area contributed by atoms with Crippen molar-refractivity contribution in [1.29, 1.82) is 0 Å². The van der Waals surface area contributed by atoms with Gasteiger partial charge >= 0.3 is 0 Å². The monoisotopic (exact) mass is 207 g/mol. The number of hydrogen-bond donors (Lipinski definition) is 1. The van der Waals surface area contributed by atoms with Gasteiger partial charge in [0, 0.05) is 13.0 Å². The quantitative estimate of drug-likeness (QED) is 0.701. The lowest BCUT2D eigenvalue weighted by atomic mass is 9.44. The van der Waals surface area contributed by atoms with E-state index in [1.165, 1.54) is 19.3 Å². The Bertz CT molecular complexity index is 295. The third-order valence-corrected chi connectivity index (χ3v) is 5.53. The fraction of sp³-hybridized carbons (Fsp3) is 0.923. The fourth-order valence-electron chi connectivity index (χ4n) is 4.36. The number of fused-ring (bicyclic) bond motifs is 2. The highest BCUT2D eigenvalue weighted by atomic mass is 16.1. The topological polar surface area (TPSA) is 29.1 Å². The molecule has 1 heterocycles. The van der Waals surface area contributed by atoms with Crippen LogP contribution in [0.1, 0.15) is 39.5 Å². The first-order valence-electron chi connectivity index (χ1n) is 6.35. The molecule has 0 aromatic carbocycles. The van der Waals surface area contributed by atoms with E-state index < -0.39 is 0 Å². The Labute approximate surface area is 91.8 Å². The highest BCUT2D eigenvalue weighted by molar-refractivity contribution is 5.78. The average Bonchev–Trinajstić information content (AvgIpc) is 2.64. The lowest BCUT2D eigenvalue weighted by molar-refractivity contribution is -0.125. The maximum absolute atomic E-state index is 11.3. The van der Waals surface area contributed by atoms with Crippen LogP contribution in [-0.4, -0.2) is 12.5 Å². The second-order valence-corrected chi connectivity index (χ2v) is 6.37. The largest absolute Gasteiger partial charge is 0.356 e. The summed E-state index contributed by atoms with van der Waals surface area (Å²) in [6.07, 6.45) is 5.00. The zero-order valence-electron chi connectivity index (χ0n) is 9.75. The molecule has 2 bridgehead atoms. The minimum absolute atomic E-state index is 0.277. The summed E-state index contributed by atoms with van der Waals surface area (Å²) < 4.78 is 0. The second kappa shape index (κ2) is 2.99. The van der Waals surface area contributed by atoms with Gasteiger partial charge in [0.25, 0.3) is 0 Å². The van der Waals surface area contributed by atoms with E-state index in [0.717, 1.165) is 30.7 Å². The Hall–Kier alpha value is -0.530. The summed E-state index contributed by atoms with van der Waals surface area (Å²) in [6.45, 7) is 5.81. The molecule has 4 fully saturated rings. The van der Waals surface area contributed by atoms with Crippen LogP contribution in [0, 0.1) is 29.1 Å². The van der Waals surface area contributed by atoms with Crippen LogP contribution in [0.3, 0.4) is 0 Å². The van der Waals surface area contributed by atoms with Crippen LogP contribution < -0.4 is 5.32 Å². The van der Waals surface area contributed by atoms with Crippen LogP contribution in [0.15, 0.2) is 0 Å². The van der Waals surface area contributed by atoms with Crippen molar-refractivity contribution < 1.29 is 4.79 Å². The van der Waals surface area contributed by atoms with Crippen molar-refractivity contribution in [2.75, 3.05) is 6.54 Å². The first kappa shape index (κ1) is 9.68. The molecule has 0 aromatic rings. The molecule has 2 nitrogen and oxygen atoms in total. The van der Waals surface area contributed by atoms with E-state index in [1.807, 2.05) is 0 Å². The van der Waals surface area contributed by atoms with Gasteiger partial charge < -0.3 is 5.32 Å². The van der Waals surface area contributed by atoms with Crippen molar-refractivity contribution >= 4 is 5.91 Å². The van der Waals surface area contributed by atoms with Crippen LogP contribution in [0.4, 0.5) is 0 Å². The summed E-state index contributed by atoms with van der Waals surface area (Å²) in [7, 11) is 0. The minimum atomic E-state index is 0.277. The smallest absolute Gasteiger partial charge is 0.220 e. The zero-order chi connectivity index (χ0) is 10.6. The molecule has 0 spiro atoms. The molecule has 3 saturated carbocycles. The second-order valence-electron chi connectivity index (χ2n) is 6.37. The number of rotatable bonds is 1. The maximum Gasteiger partial charge on any atom is 0.220 e. The number of nitrogens with one attached hydrogen (secondary N) is 1. The molecule has 3 aliphatic carbocycles. The van der Waals surface area contributed by atoms with Gasteiger partial charge in [-0.25, -0.2) is 0 Å². The molecule has 0 aromatic heterocycles. The molecule has 4 atom stereocenters. The molecule has 84 valence electrons.